The van der Waals surface area contributed by atoms with Crippen molar-refractivity contribution in [3.05, 3.63) is 34.1 Å². The van der Waals surface area contributed by atoms with Crippen molar-refractivity contribution >= 4 is 27.5 Å². The Kier molecular flexibility index (Phi) is 4.89. The number of hydrogen-bond donors (Lipinski definition) is 0. The summed E-state index contributed by atoms with van der Waals surface area (Å²) in [5, 5.41) is 7.89. The highest BCUT2D eigenvalue weighted by Crippen LogP contribution is 2.37. The van der Waals surface area contributed by atoms with E-state index in [1.54, 1.807) is 9.58 Å². The number of thiophene rings is 1. The fraction of sp³-hybridized carbons (Fsp3) is 0.500. The van der Waals surface area contributed by atoms with Crippen LogP contribution in [-0.4, -0.2) is 61.4 Å². The maximum Gasteiger partial charge on any atom is 0.435 e. The summed E-state index contributed by atoms with van der Waals surface area (Å²) in [7, 11) is 3.35. The Labute approximate surface area is 169 Å². The van der Waals surface area contributed by atoms with Crippen molar-refractivity contribution in [2.75, 3.05) is 26.2 Å². The normalized spacial score (nSPS) is 16.1. The highest BCUT2D eigenvalue weighted by molar-refractivity contribution is 7.20. The van der Waals surface area contributed by atoms with Crippen molar-refractivity contribution < 1.29 is 18.0 Å². The first kappa shape index (κ1) is 19.9. The number of piperazine rings is 1. The number of rotatable bonds is 3. The zero-order valence-corrected chi connectivity index (χ0v) is 17.1. The van der Waals surface area contributed by atoms with Crippen molar-refractivity contribution in [1.29, 1.82) is 0 Å². The quantitative estimate of drug-likeness (QED) is 0.646. The van der Waals surface area contributed by atoms with Gasteiger partial charge in [-0.05, 0) is 13.0 Å². The molecule has 4 heterocycles. The summed E-state index contributed by atoms with van der Waals surface area (Å²) in [6.45, 7) is 5.24. The van der Waals surface area contributed by atoms with E-state index in [1.165, 1.54) is 17.8 Å². The lowest BCUT2D eigenvalue weighted by Gasteiger charge is -2.34. The van der Waals surface area contributed by atoms with E-state index in [-0.39, 0.29) is 11.3 Å². The van der Waals surface area contributed by atoms with Crippen molar-refractivity contribution in [3.8, 4) is 0 Å². The van der Waals surface area contributed by atoms with Crippen LogP contribution in [0.3, 0.4) is 0 Å². The van der Waals surface area contributed by atoms with Crippen LogP contribution in [0, 0.1) is 6.92 Å². The molecule has 1 aliphatic heterocycles. The zero-order chi connectivity index (χ0) is 20.9. The minimum atomic E-state index is -4.54. The van der Waals surface area contributed by atoms with E-state index in [9.17, 15) is 18.0 Å². The van der Waals surface area contributed by atoms with Gasteiger partial charge in [0.05, 0.1) is 10.6 Å². The van der Waals surface area contributed by atoms with E-state index in [0.29, 0.717) is 35.9 Å². The van der Waals surface area contributed by atoms with Gasteiger partial charge in [-0.1, -0.05) is 0 Å². The van der Waals surface area contributed by atoms with Crippen LogP contribution in [0.1, 0.15) is 26.6 Å². The molecule has 0 bridgehead atoms. The fourth-order valence-electron chi connectivity index (χ4n) is 3.67. The van der Waals surface area contributed by atoms with E-state index in [1.807, 2.05) is 20.2 Å². The lowest BCUT2D eigenvalue weighted by molar-refractivity contribution is -0.140. The van der Waals surface area contributed by atoms with Crippen molar-refractivity contribution in [2.24, 2.45) is 14.1 Å². The second-order valence-corrected chi connectivity index (χ2v) is 8.31. The molecule has 0 spiro atoms. The van der Waals surface area contributed by atoms with Crippen LogP contribution < -0.4 is 0 Å². The van der Waals surface area contributed by atoms with Crippen LogP contribution >= 0.6 is 11.3 Å². The molecule has 4 rings (SSSR count). The highest BCUT2D eigenvalue weighted by Gasteiger charge is 2.38. The van der Waals surface area contributed by atoms with Crippen LogP contribution in [0.25, 0.3) is 10.2 Å². The summed E-state index contributed by atoms with van der Waals surface area (Å²) in [6.07, 6.45) is -2.55. The molecule has 0 N–H and O–H groups in total. The van der Waals surface area contributed by atoms with Gasteiger partial charge in [0.1, 0.15) is 4.83 Å². The second-order valence-electron chi connectivity index (χ2n) is 7.28. The molecule has 1 fully saturated rings. The first-order chi connectivity index (χ1) is 13.6. The zero-order valence-electron chi connectivity index (χ0n) is 16.3. The van der Waals surface area contributed by atoms with Gasteiger partial charge in [0, 0.05) is 64.0 Å². The third-order valence-electron chi connectivity index (χ3n) is 5.16. The third kappa shape index (κ3) is 3.76. The molecule has 0 aromatic carbocycles. The van der Waals surface area contributed by atoms with Crippen molar-refractivity contribution in [1.82, 2.24) is 29.4 Å². The molecule has 7 nitrogen and oxygen atoms in total. The Morgan fingerprint density at radius 2 is 1.86 bits per heavy atom. The molecule has 1 aliphatic rings. The standard InChI is InChI=1S/C18H21F3N6OS/c1-11-12(9-24(2)22-11)10-26-4-6-27(7-5-26)16(28)14-8-13-15(18(19,20)21)23-25(3)17(13)29-14/h8-9H,4-7,10H2,1-3H3. The number of alkyl halides is 3. The molecular weight excluding hydrogens is 405 g/mol. The molecule has 29 heavy (non-hydrogen) atoms. The molecule has 1 saturated heterocycles. The molecule has 0 atom stereocenters. The summed E-state index contributed by atoms with van der Waals surface area (Å²) in [4.78, 5) is 17.5. The fourth-order valence-corrected chi connectivity index (χ4v) is 4.71. The molecule has 3 aromatic heterocycles. The molecule has 0 aliphatic carbocycles. The molecular formula is C18H21F3N6OS. The maximum absolute atomic E-state index is 13.2. The largest absolute Gasteiger partial charge is 0.435 e. The predicted molar refractivity (Wildman–Crippen MR) is 103 cm³/mol. The van der Waals surface area contributed by atoms with Gasteiger partial charge in [-0.15, -0.1) is 11.3 Å². The van der Waals surface area contributed by atoms with E-state index in [2.05, 4.69) is 15.1 Å². The van der Waals surface area contributed by atoms with Gasteiger partial charge in [-0.2, -0.15) is 23.4 Å². The molecule has 11 heteroatoms. The molecule has 1 amide bonds. The topological polar surface area (TPSA) is 59.2 Å². The monoisotopic (exact) mass is 426 g/mol. The van der Waals surface area contributed by atoms with E-state index in [4.69, 9.17) is 0 Å². The maximum atomic E-state index is 13.2. The average molecular weight is 426 g/mol. The number of carbonyl (C=O) groups excluding carboxylic acids is 1. The lowest BCUT2D eigenvalue weighted by Crippen LogP contribution is -2.48. The number of carbonyl (C=O) groups is 1. The molecule has 0 saturated carbocycles. The number of halogens is 3. The summed E-state index contributed by atoms with van der Waals surface area (Å²) in [5.41, 5.74) is 1.20. The van der Waals surface area contributed by atoms with Gasteiger partial charge in [-0.25, -0.2) is 0 Å². The summed E-state index contributed by atoms with van der Waals surface area (Å²) in [5.74, 6) is -0.225. The lowest BCUT2D eigenvalue weighted by atomic mass is 10.2. The van der Waals surface area contributed by atoms with Crippen molar-refractivity contribution in [2.45, 2.75) is 19.6 Å². The Morgan fingerprint density at radius 3 is 2.45 bits per heavy atom. The number of nitrogens with zero attached hydrogens (tertiary/aromatic N) is 6. The van der Waals surface area contributed by atoms with Gasteiger partial charge in [0.2, 0.25) is 0 Å². The van der Waals surface area contributed by atoms with Gasteiger partial charge >= 0.3 is 6.18 Å². The average Bonchev–Trinajstić information content (AvgIpc) is 3.30. The molecule has 3 aromatic rings. The van der Waals surface area contributed by atoms with E-state index < -0.39 is 11.9 Å². The summed E-state index contributed by atoms with van der Waals surface area (Å²) >= 11 is 1.06. The van der Waals surface area contributed by atoms with Gasteiger partial charge in [-0.3, -0.25) is 19.1 Å². The number of aryl methyl sites for hydroxylation is 3. The van der Waals surface area contributed by atoms with E-state index in [0.717, 1.165) is 29.1 Å². The van der Waals surface area contributed by atoms with Gasteiger partial charge < -0.3 is 4.90 Å². The van der Waals surface area contributed by atoms with Gasteiger partial charge in [0.15, 0.2) is 5.69 Å². The Morgan fingerprint density at radius 1 is 1.17 bits per heavy atom. The van der Waals surface area contributed by atoms with E-state index >= 15 is 0 Å². The number of hydrogen-bond acceptors (Lipinski definition) is 5. The minimum absolute atomic E-state index is 0.0148. The molecule has 156 valence electrons. The highest BCUT2D eigenvalue weighted by atomic mass is 32.1. The molecule has 0 unspecified atom stereocenters. The van der Waals surface area contributed by atoms with Crippen LogP contribution in [0.2, 0.25) is 0 Å². The molecule has 0 radical (unpaired) electrons. The van der Waals surface area contributed by atoms with Crippen LogP contribution in [0.4, 0.5) is 13.2 Å². The summed E-state index contributed by atoms with van der Waals surface area (Å²) < 4.78 is 42.5. The predicted octanol–water partition coefficient (Wildman–Crippen LogP) is 2.65. The Hall–Kier alpha value is -2.40. The van der Waals surface area contributed by atoms with Crippen LogP contribution in [-0.2, 0) is 26.8 Å². The first-order valence-corrected chi connectivity index (χ1v) is 9.99. The SMILES string of the molecule is Cc1nn(C)cc1CN1CCN(C(=O)c2cc3c(C(F)(F)F)nn(C)c3s2)CC1. The van der Waals surface area contributed by atoms with Gasteiger partial charge in [0.25, 0.3) is 5.91 Å². The number of fused-ring (bicyclic) bond motifs is 1. The first-order valence-electron chi connectivity index (χ1n) is 9.18. The number of aromatic nitrogens is 4. The smallest absolute Gasteiger partial charge is 0.335 e. The summed E-state index contributed by atoms with van der Waals surface area (Å²) in [6, 6.07) is 1.32. The third-order valence-corrected chi connectivity index (χ3v) is 6.35. The van der Waals surface area contributed by atoms with Crippen LogP contribution in [0.15, 0.2) is 12.3 Å². The number of amides is 1. The van der Waals surface area contributed by atoms with Crippen LogP contribution in [0.5, 0.6) is 0 Å². The minimum Gasteiger partial charge on any atom is -0.335 e. The Balaban J connectivity index is 1.45. The Bertz CT molecular complexity index is 1060. The van der Waals surface area contributed by atoms with Crippen molar-refractivity contribution in [3.63, 3.8) is 0 Å². The second kappa shape index (κ2) is 7.13.